The van der Waals surface area contributed by atoms with Crippen LogP contribution in [0.15, 0.2) is 121 Å². The highest BCUT2D eigenvalue weighted by Gasteiger charge is 2.34. The Balaban J connectivity index is 1.29. The number of fused-ring (bicyclic) bond motifs is 1. The predicted octanol–water partition coefficient (Wildman–Crippen LogP) is 8.18. The van der Waals surface area contributed by atoms with Crippen LogP contribution in [0.1, 0.15) is 12.0 Å². The van der Waals surface area contributed by atoms with Gasteiger partial charge in [-0.1, -0.05) is 84.5 Å². The number of benzene rings is 4. The van der Waals surface area contributed by atoms with Gasteiger partial charge < -0.3 is 10.6 Å². The van der Waals surface area contributed by atoms with Gasteiger partial charge >= 0.3 is 0 Å². The van der Waals surface area contributed by atoms with Crippen LogP contribution in [-0.2, 0) is 0 Å². The maximum atomic E-state index is 3.64. The fourth-order valence-electron chi connectivity index (χ4n) is 4.43. The van der Waals surface area contributed by atoms with Crippen molar-refractivity contribution in [2.45, 2.75) is 6.42 Å². The lowest BCUT2D eigenvalue weighted by atomic mass is 10.0. The van der Waals surface area contributed by atoms with E-state index in [1.165, 1.54) is 28.7 Å². The molecule has 6 rings (SSSR count). The van der Waals surface area contributed by atoms with E-state index in [-0.39, 0.29) is 0 Å². The molecule has 0 saturated heterocycles. The van der Waals surface area contributed by atoms with Crippen molar-refractivity contribution in [3.05, 3.63) is 126 Å². The van der Waals surface area contributed by atoms with Crippen LogP contribution in [0.5, 0.6) is 0 Å². The van der Waals surface area contributed by atoms with Gasteiger partial charge in [0.15, 0.2) is 0 Å². The van der Waals surface area contributed by atoms with E-state index in [9.17, 15) is 0 Å². The molecule has 1 unspecified atom stereocenters. The third-order valence-corrected chi connectivity index (χ3v) is 6.21. The van der Waals surface area contributed by atoms with Crippen molar-refractivity contribution in [2.24, 2.45) is 5.92 Å². The van der Waals surface area contributed by atoms with Crippen LogP contribution in [-0.4, -0.2) is 0 Å². The van der Waals surface area contributed by atoms with Crippen LogP contribution in [0.25, 0.3) is 16.7 Å². The Kier molecular flexibility index (Phi) is 4.62. The molecule has 2 aliphatic carbocycles. The SMILES string of the molecule is C1=CC2CC2=C1c1ccc(Nc2ccc(-c3ccccc3)cc2)cc1Nc1ccccc1. The Bertz CT molecular complexity index is 1320. The van der Waals surface area contributed by atoms with Gasteiger partial charge in [-0.25, -0.2) is 0 Å². The Morgan fingerprint density at radius 3 is 1.94 bits per heavy atom. The summed E-state index contributed by atoms with van der Waals surface area (Å²) in [5.74, 6) is 0.676. The Morgan fingerprint density at radius 2 is 1.25 bits per heavy atom. The largest absolute Gasteiger partial charge is 0.355 e. The Morgan fingerprint density at radius 1 is 0.594 bits per heavy atom. The quantitative estimate of drug-likeness (QED) is 0.333. The molecule has 0 heterocycles. The lowest BCUT2D eigenvalue weighted by Crippen LogP contribution is -1.98. The third kappa shape index (κ3) is 3.72. The first-order chi connectivity index (χ1) is 15.8. The maximum absolute atomic E-state index is 3.64. The zero-order chi connectivity index (χ0) is 21.3. The lowest BCUT2D eigenvalue weighted by molar-refractivity contribution is 1.17. The van der Waals surface area contributed by atoms with Crippen LogP contribution in [0, 0.1) is 5.92 Å². The summed E-state index contributed by atoms with van der Waals surface area (Å²) in [5.41, 5.74) is 11.0. The fraction of sp³-hybridized carbons (Fsp3) is 0.0667. The first-order valence-electron chi connectivity index (χ1n) is 11.1. The molecule has 32 heavy (non-hydrogen) atoms. The van der Waals surface area contributed by atoms with Crippen LogP contribution in [0.3, 0.4) is 0 Å². The molecule has 1 atom stereocenters. The van der Waals surface area contributed by atoms with Crippen molar-refractivity contribution < 1.29 is 0 Å². The fourth-order valence-corrected chi connectivity index (χ4v) is 4.43. The number of allylic oxidation sites excluding steroid dienone is 4. The standard InChI is InChI=1S/C30H24N2/c1-3-7-21(8-4-1)22-11-14-25(15-12-22)31-26-16-18-28(27-17-13-23-19-29(23)27)30(20-26)32-24-9-5-2-6-10-24/h1-18,20,23,31-32H,19H2. The van der Waals surface area contributed by atoms with Gasteiger partial charge in [-0.15, -0.1) is 0 Å². The highest BCUT2D eigenvalue weighted by atomic mass is 14.9. The van der Waals surface area contributed by atoms with Crippen molar-refractivity contribution >= 4 is 28.3 Å². The van der Waals surface area contributed by atoms with Gasteiger partial charge in [-0.2, -0.15) is 0 Å². The molecule has 1 saturated carbocycles. The number of anilines is 4. The summed E-state index contributed by atoms with van der Waals surface area (Å²) >= 11 is 0. The predicted molar refractivity (Wildman–Crippen MR) is 135 cm³/mol. The van der Waals surface area contributed by atoms with Crippen LogP contribution >= 0.6 is 0 Å². The summed E-state index contributed by atoms with van der Waals surface area (Å²) in [6, 6.07) is 36.1. The second-order valence-electron chi connectivity index (χ2n) is 8.43. The molecule has 0 bridgehead atoms. The van der Waals surface area contributed by atoms with Gasteiger partial charge in [0, 0.05) is 34.2 Å². The molecule has 0 aliphatic heterocycles. The minimum Gasteiger partial charge on any atom is -0.355 e. The minimum absolute atomic E-state index is 0.676. The molecule has 2 N–H and O–H groups in total. The molecule has 4 aromatic rings. The third-order valence-electron chi connectivity index (χ3n) is 6.21. The van der Waals surface area contributed by atoms with Gasteiger partial charge in [-0.05, 0) is 59.5 Å². The Labute approximate surface area is 189 Å². The van der Waals surface area contributed by atoms with Gasteiger partial charge in [0.2, 0.25) is 0 Å². The van der Waals surface area contributed by atoms with Gasteiger partial charge in [-0.3, -0.25) is 0 Å². The van der Waals surface area contributed by atoms with E-state index in [0.717, 1.165) is 22.7 Å². The first kappa shape index (κ1) is 18.7. The molecule has 0 amide bonds. The molecule has 2 aliphatic rings. The second-order valence-corrected chi connectivity index (χ2v) is 8.43. The first-order valence-corrected chi connectivity index (χ1v) is 11.1. The van der Waals surface area contributed by atoms with Crippen molar-refractivity contribution in [3.63, 3.8) is 0 Å². The molecule has 2 nitrogen and oxygen atoms in total. The van der Waals surface area contributed by atoms with E-state index in [4.69, 9.17) is 0 Å². The number of para-hydroxylation sites is 1. The highest BCUT2D eigenvalue weighted by molar-refractivity contribution is 5.91. The summed E-state index contributed by atoms with van der Waals surface area (Å²) in [6.45, 7) is 0. The molecule has 1 fully saturated rings. The molecule has 0 radical (unpaired) electrons. The number of nitrogens with one attached hydrogen (secondary N) is 2. The normalized spacial score (nSPS) is 16.1. The molecule has 2 heteroatoms. The molecular formula is C30H24N2. The van der Waals surface area contributed by atoms with Crippen LogP contribution in [0.2, 0.25) is 0 Å². The van der Waals surface area contributed by atoms with E-state index in [1.54, 1.807) is 5.57 Å². The van der Waals surface area contributed by atoms with Crippen molar-refractivity contribution in [1.29, 1.82) is 0 Å². The molecule has 154 valence electrons. The van der Waals surface area contributed by atoms with E-state index in [1.807, 2.05) is 12.1 Å². The number of hydrogen-bond acceptors (Lipinski definition) is 2. The molecule has 0 aromatic heterocycles. The molecular weight excluding hydrogens is 388 g/mol. The van der Waals surface area contributed by atoms with Gasteiger partial charge in [0.1, 0.15) is 0 Å². The van der Waals surface area contributed by atoms with E-state index in [2.05, 4.69) is 114 Å². The second kappa shape index (κ2) is 7.90. The smallest absolute Gasteiger partial charge is 0.0484 e. The van der Waals surface area contributed by atoms with Crippen LogP contribution in [0.4, 0.5) is 22.7 Å². The van der Waals surface area contributed by atoms with E-state index >= 15 is 0 Å². The number of hydrogen-bond donors (Lipinski definition) is 2. The van der Waals surface area contributed by atoms with E-state index < -0.39 is 0 Å². The zero-order valence-electron chi connectivity index (χ0n) is 17.8. The zero-order valence-corrected chi connectivity index (χ0v) is 17.8. The summed E-state index contributed by atoms with van der Waals surface area (Å²) in [6.07, 6.45) is 5.83. The van der Waals surface area contributed by atoms with E-state index in [0.29, 0.717) is 5.92 Å². The Hall–Kier alpha value is -4.04. The highest BCUT2D eigenvalue weighted by Crippen LogP contribution is 2.51. The molecule has 4 aromatic carbocycles. The average molecular weight is 413 g/mol. The monoisotopic (exact) mass is 412 g/mol. The molecule has 0 spiro atoms. The van der Waals surface area contributed by atoms with Crippen molar-refractivity contribution in [3.8, 4) is 11.1 Å². The number of rotatable bonds is 6. The summed E-state index contributed by atoms with van der Waals surface area (Å²) in [5, 5.41) is 7.21. The maximum Gasteiger partial charge on any atom is 0.0484 e. The average Bonchev–Trinajstić information content (AvgIpc) is 3.51. The summed E-state index contributed by atoms with van der Waals surface area (Å²) < 4.78 is 0. The van der Waals surface area contributed by atoms with Crippen molar-refractivity contribution in [1.82, 2.24) is 0 Å². The lowest BCUT2D eigenvalue weighted by Gasteiger charge is -2.16. The summed E-state index contributed by atoms with van der Waals surface area (Å²) in [7, 11) is 0. The summed E-state index contributed by atoms with van der Waals surface area (Å²) in [4.78, 5) is 0. The van der Waals surface area contributed by atoms with Gasteiger partial charge in [0.05, 0.1) is 0 Å². The van der Waals surface area contributed by atoms with Crippen molar-refractivity contribution in [2.75, 3.05) is 10.6 Å². The topological polar surface area (TPSA) is 24.1 Å². The van der Waals surface area contributed by atoms with Crippen LogP contribution < -0.4 is 10.6 Å². The minimum atomic E-state index is 0.676. The van der Waals surface area contributed by atoms with Gasteiger partial charge in [0.25, 0.3) is 0 Å².